The van der Waals surface area contributed by atoms with Gasteiger partial charge in [0.1, 0.15) is 11.5 Å². The van der Waals surface area contributed by atoms with Crippen LogP contribution in [0, 0.1) is 12.7 Å². The molecule has 0 aliphatic carbocycles. The number of amidine groups is 1. The highest BCUT2D eigenvalue weighted by Crippen LogP contribution is 2.35. The quantitative estimate of drug-likeness (QED) is 0.295. The molecule has 0 radical (unpaired) electrons. The Kier molecular flexibility index (Phi) is 5.90. The molecule has 2 rings (SSSR count). The van der Waals surface area contributed by atoms with Crippen molar-refractivity contribution in [3.63, 3.8) is 0 Å². The van der Waals surface area contributed by atoms with Crippen LogP contribution in [0.15, 0.2) is 22.0 Å². The third-order valence-electron chi connectivity index (χ3n) is 3.52. The minimum Gasteiger partial charge on any atom is -0.352 e. The topological polar surface area (TPSA) is 15.6 Å². The SMILES string of the molecule is Cc1cc(F)c(N=C(N2CCCC2)C(F)(F)F)cc1SCC(F)(F)F. The molecule has 0 bridgehead atoms. The molecule has 25 heavy (non-hydrogen) atoms. The molecule has 1 heterocycles. The van der Waals surface area contributed by atoms with Crippen LogP contribution >= 0.6 is 11.8 Å². The number of hydrogen-bond donors (Lipinski definition) is 0. The molecular weight excluding hydrogens is 373 g/mol. The first-order chi connectivity index (χ1) is 11.5. The van der Waals surface area contributed by atoms with Gasteiger partial charge in [-0.2, -0.15) is 26.3 Å². The van der Waals surface area contributed by atoms with Crippen molar-refractivity contribution in [2.75, 3.05) is 18.8 Å². The zero-order chi connectivity index (χ0) is 18.8. The summed E-state index contributed by atoms with van der Waals surface area (Å²) >= 11 is 0.388. The lowest BCUT2D eigenvalue weighted by atomic mass is 10.2. The summed E-state index contributed by atoms with van der Waals surface area (Å²) in [6.45, 7) is 1.70. The van der Waals surface area contributed by atoms with Crippen LogP contribution in [-0.4, -0.2) is 41.9 Å². The van der Waals surface area contributed by atoms with Gasteiger partial charge >= 0.3 is 12.4 Å². The summed E-state index contributed by atoms with van der Waals surface area (Å²) in [5.41, 5.74) is -0.407. The van der Waals surface area contributed by atoms with E-state index in [1.807, 2.05) is 0 Å². The molecule has 1 saturated heterocycles. The molecule has 1 fully saturated rings. The number of aliphatic imine (C=N–C) groups is 1. The van der Waals surface area contributed by atoms with E-state index in [1.165, 1.54) is 6.92 Å². The molecule has 0 saturated carbocycles. The molecule has 0 amide bonds. The van der Waals surface area contributed by atoms with E-state index in [2.05, 4.69) is 4.99 Å². The van der Waals surface area contributed by atoms with Gasteiger partial charge in [-0.25, -0.2) is 9.38 Å². The molecule has 10 heteroatoms. The molecule has 0 unspecified atom stereocenters. The van der Waals surface area contributed by atoms with Crippen LogP contribution in [0.4, 0.5) is 36.4 Å². The number of rotatable bonds is 3. The van der Waals surface area contributed by atoms with Gasteiger partial charge in [-0.05, 0) is 37.5 Å². The standard InChI is InChI=1S/C15H15F7N2S/c1-9-6-10(16)11(7-12(9)25-8-14(17,18)19)23-13(15(20,21)22)24-4-2-3-5-24/h6-7H,2-5,8H2,1H3. The summed E-state index contributed by atoms with van der Waals surface area (Å²) in [7, 11) is 0. The minimum absolute atomic E-state index is 0.0421. The Labute approximate surface area is 144 Å². The number of benzene rings is 1. The van der Waals surface area contributed by atoms with E-state index in [0.717, 1.165) is 17.0 Å². The van der Waals surface area contributed by atoms with Crippen LogP contribution < -0.4 is 0 Å². The number of alkyl halides is 6. The van der Waals surface area contributed by atoms with E-state index >= 15 is 0 Å². The van der Waals surface area contributed by atoms with Crippen molar-refractivity contribution in [3.05, 3.63) is 23.5 Å². The predicted octanol–water partition coefficient (Wildman–Crippen LogP) is 5.48. The largest absolute Gasteiger partial charge is 0.449 e. The lowest BCUT2D eigenvalue weighted by molar-refractivity contribution is -0.105. The molecule has 1 aliphatic heterocycles. The number of halogens is 7. The van der Waals surface area contributed by atoms with Gasteiger partial charge < -0.3 is 4.90 Å². The Morgan fingerprint density at radius 2 is 1.72 bits per heavy atom. The molecule has 140 valence electrons. The van der Waals surface area contributed by atoms with Crippen LogP contribution in [0.2, 0.25) is 0 Å². The number of likely N-dealkylation sites (tertiary alicyclic amines) is 1. The minimum atomic E-state index is -4.78. The van der Waals surface area contributed by atoms with Crippen molar-refractivity contribution < 1.29 is 30.7 Å². The van der Waals surface area contributed by atoms with Crippen molar-refractivity contribution >= 4 is 23.3 Å². The smallest absolute Gasteiger partial charge is 0.352 e. The highest BCUT2D eigenvalue weighted by Gasteiger charge is 2.41. The maximum Gasteiger partial charge on any atom is 0.449 e. The molecule has 0 aromatic heterocycles. The highest BCUT2D eigenvalue weighted by atomic mass is 32.2. The Morgan fingerprint density at radius 3 is 2.24 bits per heavy atom. The van der Waals surface area contributed by atoms with Crippen LogP contribution in [0.1, 0.15) is 18.4 Å². The number of hydrogen-bond acceptors (Lipinski definition) is 2. The summed E-state index contributed by atoms with van der Waals surface area (Å²) in [6.07, 6.45) is -8.08. The Morgan fingerprint density at radius 1 is 1.12 bits per heavy atom. The Hall–Kier alpha value is -1.45. The Balaban J connectivity index is 2.38. The number of aryl methyl sites for hydroxylation is 1. The van der Waals surface area contributed by atoms with Crippen LogP contribution in [-0.2, 0) is 0 Å². The predicted molar refractivity (Wildman–Crippen MR) is 81.9 cm³/mol. The second-order valence-corrected chi connectivity index (χ2v) is 6.62. The van der Waals surface area contributed by atoms with E-state index in [0.29, 0.717) is 24.6 Å². The zero-order valence-corrected chi connectivity index (χ0v) is 14.0. The zero-order valence-electron chi connectivity index (χ0n) is 13.1. The van der Waals surface area contributed by atoms with Gasteiger partial charge in [0.15, 0.2) is 0 Å². The monoisotopic (exact) mass is 388 g/mol. The maximum absolute atomic E-state index is 14.0. The first-order valence-corrected chi connectivity index (χ1v) is 8.36. The molecule has 2 nitrogen and oxygen atoms in total. The van der Waals surface area contributed by atoms with Gasteiger partial charge in [0.2, 0.25) is 5.84 Å². The van der Waals surface area contributed by atoms with Crippen molar-refractivity contribution in [2.24, 2.45) is 4.99 Å². The van der Waals surface area contributed by atoms with Crippen molar-refractivity contribution in [1.82, 2.24) is 4.90 Å². The number of thioether (sulfide) groups is 1. The van der Waals surface area contributed by atoms with Gasteiger partial charge in [-0.15, -0.1) is 11.8 Å². The fraction of sp³-hybridized carbons (Fsp3) is 0.533. The van der Waals surface area contributed by atoms with E-state index in [-0.39, 0.29) is 23.5 Å². The van der Waals surface area contributed by atoms with Gasteiger partial charge in [-0.3, -0.25) is 0 Å². The first kappa shape index (κ1) is 19.9. The van der Waals surface area contributed by atoms with Gasteiger partial charge in [0.05, 0.1) is 5.75 Å². The van der Waals surface area contributed by atoms with Gasteiger partial charge in [0, 0.05) is 18.0 Å². The highest BCUT2D eigenvalue weighted by molar-refractivity contribution is 7.99. The summed E-state index contributed by atoms with van der Waals surface area (Å²) in [5.74, 6) is -3.45. The van der Waals surface area contributed by atoms with Crippen molar-refractivity contribution in [2.45, 2.75) is 37.0 Å². The summed E-state index contributed by atoms with van der Waals surface area (Å²) in [4.78, 5) is 4.46. The van der Waals surface area contributed by atoms with Gasteiger partial charge in [0.25, 0.3) is 0 Å². The van der Waals surface area contributed by atoms with Gasteiger partial charge in [-0.1, -0.05) is 0 Å². The molecule has 0 spiro atoms. The summed E-state index contributed by atoms with van der Waals surface area (Å²) in [5, 5.41) is 0. The second-order valence-electron chi connectivity index (χ2n) is 5.60. The van der Waals surface area contributed by atoms with Crippen LogP contribution in [0.5, 0.6) is 0 Å². The van der Waals surface area contributed by atoms with E-state index < -0.39 is 35.4 Å². The summed E-state index contributed by atoms with van der Waals surface area (Å²) < 4.78 is 90.7. The maximum atomic E-state index is 14.0. The summed E-state index contributed by atoms with van der Waals surface area (Å²) in [6, 6.07) is 1.83. The first-order valence-electron chi connectivity index (χ1n) is 7.38. The molecule has 1 aliphatic rings. The normalized spacial score (nSPS) is 16.6. The fourth-order valence-corrected chi connectivity index (χ4v) is 3.20. The average molecular weight is 388 g/mol. The molecule has 0 N–H and O–H groups in total. The second kappa shape index (κ2) is 7.43. The average Bonchev–Trinajstić information content (AvgIpc) is 2.96. The van der Waals surface area contributed by atoms with Crippen LogP contribution in [0.25, 0.3) is 0 Å². The molecular formula is C15H15F7N2S. The fourth-order valence-electron chi connectivity index (χ4n) is 2.40. The van der Waals surface area contributed by atoms with Crippen molar-refractivity contribution in [3.8, 4) is 0 Å². The lowest BCUT2D eigenvalue weighted by Crippen LogP contribution is -2.39. The van der Waals surface area contributed by atoms with Crippen LogP contribution in [0.3, 0.4) is 0 Å². The third kappa shape index (κ3) is 5.52. The molecule has 0 atom stereocenters. The number of nitrogens with zero attached hydrogens (tertiary/aromatic N) is 2. The molecule has 1 aromatic rings. The molecule has 1 aromatic carbocycles. The lowest BCUT2D eigenvalue weighted by Gasteiger charge is -2.22. The Bertz CT molecular complexity index is 647. The van der Waals surface area contributed by atoms with E-state index in [9.17, 15) is 30.7 Å². The van der Waals surface area contributed by atoms with E-state index in [1.54, 1.807) is 0 Å². The van der Waals surface area contributed by atoms with E-state index in [4.69, 9.17) is 0 Å². The van der Waals surface area contributed by atoms with Crippen molar-refractivity contribution in [1.29, 1.82) is 0 Å². The third-order valence-corrected chi connectivity index (χ3v) is 4.74.